The van der Waals surface area contributed by atoms with Gasteiger partial charge in [-0.05, 0) is 37.0 Å². The molecule has 2 aliphatic rings. The van der Waals surface area contributed by atoms with E-state index in [4.69, 9.17) is 9.47 Å². The highest BCUT2D eigenvalue weighted by molar-refractivity contribution is 5.91. The number of esters is 1. The van der Waals surface area contributed by atoms with Crippen LogP contribution in [-0.2, 0) is 9.47 Å². The van der Waals surface area contributed by atoms with E-state index in [0.717, 1.165) is 24.6 Å². The van der Waals surface area contributed by atoms with E-state index in [-0.39, 0.29) is 17.1 Å². The lowest BCUT2D eigenvalue weighted by atomic mass is 9.83. The zero-order valence-corrected chi connectivity index (χ0v) is 15.6. The largest absolute Gasteiger partial charge is 0.453 e. The Morgan fingerprint density at radius 1 is 1.07 bits per heavy atom. The Hall–Kier alpha value is -2.55. The molecule has 2 aliphatic carbocycles. The van der Waals surface area contributed by atoms with Crippen LogP contribution in [0.25, 0.3) is 0 Å². The predicted octanol–water partition coefficient (Wildman–Crippen LogP) is 3.50. The second-order valence-corrected chi connectivity index (χ2v) is 8.15. The Bertz CT molecular complexity index is 790. The number of carbonyl (C=O) groups is 1. The average molecular weight is 378 g/mol. The molecule has 0 N–H and O–H groups in total. The molecule has 0 amide bonds. The van der Waals surface area contributed by atoms with Gasteiger partial charge in [-0.1, -0.05) is 13.8 Å². The number of fused-ring (bicyclic) bond motifs is 1. The molecule has 27 heavy (non-hydrogen) atoms. The van der Waals surface area contributed by atoms with Gasteiger partial charge in [0.25, 0.3) is 11.4 Å². The monoisotopic (exact) mass is 378 g/mol. The van der Waals surface area contributed by atoms with Gasteiger partial charge in [0, 0.05) is 19.2 Å². The maximum Gasteiger partial charge on any atom is 0.339 e. The van der Waals surface area contributed by atoms with Crippen LogP contribution >= 0.6 is 0 Å². The maximum atomic E-state index is 12.7. The molecule has 1 aromatic carbocycles. The Morgan fingerprint density at radius 3 is 2.11 bits per heavy atom. The molecule has 3 rings (SSSR count). The Morgan fingerprint density at radius 2 is 1.63 bits per heavy atom. The summed E-state index contributed by atoms with van der Waals surface area (Å²) in [6, 6.07) is 2.80. The lowest BCUT2D eigenvalue weighted by Crippen LogP contribution is -2.47. The first-order valence-corrected chi connectivity index (χ1v) is 8.69. The number of hydrogen-bond donors (Lipinski definition) is 0. The molecule has 146 valence electrons. The summed E-state index contributed by atoms with van der Waals surface area (Å²) in [5.74, 6) is 0.0810. The van der Waals surface area contributed by atoms with Gasteiger partial charge in [0.1, 0.15) is 5.60 Å². The van der Waals surface area contributed by atoms with Crippen LogP contribution in [0.3, 0.4) is 0 Å². The lowest BCUT2D eigenvalue weighted by Gasteiger charge is -2.39. The SMILES string of the molecule is CO[C@H]1C[C@H]2[C@@H](C[C@@]1(C)OC(=O)c1cc([N+](=O)[O-])cc([N+](=O)[O-])c1)C2(C)C. The molecule has 0 heterocycles. The minimum Gasteiger partial charge on any atom is -0.453 e. The van der Waals surface area contributed by atoms with Crippen LogP contribution in [0.4, 0.5) is 11.4 Å². The van der Waals surface area contributed by atoms with Crippen molar-refractivity contribution in [3.05, 3.63) is 44.0 Å². The zero-order chi connectivity index (χ0) is 20.1. The third-order valence-corrected chi connectivity index (χ3v) is 6.23. The summed E-state index contributed by atoms with van der Waals surface area (Å²) in [6.45, 7) is 6.13. The maximum absolute atomic E-state index is 12.7. The van der Waals surface area contributed by atoms with Gasteiger partial charge in [-0.3, -0.25) is 20.2 Å². The predicted molar refractivity (Wildman–Crippen MR) is 94.4 cm³/mol. The van der Waals surface area contributed by atoms with Crippen molar-refractivity contribution in [3.63, 3.8) is 0 Å². The number of rotatable bonds is 5. The standard InChI is InChI=1S/C18H22N2O7/c1-17(2)13-8-15(26-4)18(3,9-14(13)17)27-16(21)10-5-11(19(22)23)7-12(6-10)20(24)25/h5-7,13-15H,8-9H2,1-4H3/t13-,14+,15-,18+/m0/s1. The molecule has 9 nitrogen and oxygen atoms in total. The second-order valence-electron chi connectivity index (χ2n) is 8.15. The summed E-state index contributed by atoms with van der Waals surface area (Å²) in [6.07, 6.45) is 1.07. The van der Waals surface area contributed by atoms with Gasteiger partial charge in [0.05, 0.1) is 27.6 Å². The van der Waals surface area contributed by atoms with Gasteiger partial charge in [-0.15, -0.1) is 0 Å². The second kappa shape index (κ2) is 6.26. The molecule has 0 aromatic heterocycles. The normalized spacial score (nSPS) is 30.9. The summed E-state index contributed by atoms with van der Waals surface area (Å²) < 4.78 is 11.3. The van der Waals surface area contributed by atoms with Crippen molar-refractivity contribution < 1.29 is 24.1 Å². The van der Waals surface area contributed by atoms with Gasteiger partial charge >= 0.3 is 5.97 Å². The summed E-state index contributed by atoms with van der Waals surface area (Å²) in [5.41, 5.74) is -2.02. The van der Waals surface area contributed by atoms with E-state index in [0.29, 0.717) is 18.3 Å². The van der Waals surface area contributed by atoms with Crippen molar-refractivity contribution in [1.82, 2.24) is 0 Å². The zero-order valence-electron chi connectivity index (χ0n) is 15.6. The molecular formula is C18H22N2O7. The van der Waals surface area contributed by atoms with Gasteiger partial charge < -0.3 is 9.47 Å². The van der Waals surface area contributed by atoms with Crippen LogP contribution in [-0.4, -0.2) is 34.6 Å². The van der Waals surface area contributed by atoms with Crippen molar-refractivity contribution in [2.45, 2.75) is 45.3 Å². The van der Waals surface area contributed by atoms with Crippen LogP contribution in [0.2, 0.25) is 0 Å². The van der Waals surface area contributed by atoms with Gasteiger partial charge in [0.15, 0.2) is 0 Å². The molecule has 2 saturated carbocycles. The smallest absolute Gasteiger partial charge is 0.339 e. The highest BCUT2D eigenvalue weighted by Crippen LogP contribution is 2.67. The first-order valence-electron chi connectivity index (χ1n) is 8.69. The van der Waals surface area contributed by atoms with E-state index >= 15 is 0 Å². The molecule has 0 bridgehead atoms. The fraction of sp³-hybridized carbons (Fsp3) is 0.611. The number of nitrogens with zero attached hydrogens (tertiary/aromatic N) is 2. The molecule has 2 fully saturated rings. The summed E-state index contributed by atoms with van der Waals surface area (Å²) in [5, 5.41) is 22.1. The van der Waals surface area contributed by atoms with Crippen molar-refractivity contribution in [2.75, 3.05) is 7.11 Å². The molecule has 1 aromatic rings. The number of nitro benzene ring substituents is 2. The van der Waals surface area contributed by atoms with Gasteiger partial charge in [-0.2, -0.15) is 0 Å². The van der Waals surface area contributed by atoms with Crippen molar-refractivity contribution >= 4 is 17.3 Å². The van der Waals surface area contributed by atoms with Crippen LogP contribution in [0.15, 0.2) is 18.2 Å². The fourth-order valence-corrected chi connectivity index (χ4v) is 4.43. The summed E-state index contributed by atoms with van der Waals surface area (Å²) >= 11 is 0. The quantitative estimate of drug-likeness (QED) is 0.436. The number of methoxy groups -OCH3 is 1. The van der Waals surface area contributed by atoms with Crippen LogP contribution in [0, 0.1) is 37.5 Å². The van der Waals surface area contributed by atoms with Gasteiger partial charge in [0.2, 0.25) is 0 Å². The van der Waals surface area contributed by atoms with Crippen molar-refractivity contribution in [1.29, 1.82) is 0 Å². The number of non-ortho nitro benzene ring substituents is 2. The minimum atomic E-state index is -0.903. The molecule has 4 atom stereocenters. The molecule has 9 heteroatoms. The van der Waals surface area contributed by atoms with E-state index in [9.17, 15) is 25.0 Å². The molecular weight excluding hydrogens is 356 g/mol. The third kappa shape index (κ3) is 3.27. The first-order chi connectivity index (χ1) is 12.5. The Labute approximate surface area is 155 Å². The van der Waals surface area contributed by atoms with Crippen molar-refractivity contribution in [2.24, 2.45) is 17.3 Å². The molecule has 0 unspecified atom stereocenters. The fourth-order valence-electron chi connectivity index (χ4n) is 4.43. The number of benzene rings is 1. The Kier molecular flexibility index (Phi) is 4.46. The van der Waals surface area contributed by atoms with E-state index < -0.39 is 32.8 Å². The van der Waals surface area contributed by atoms with E-state index in [1.807, 2.05) is 0 Å². The van der Waals surface area contributed by atoms with Crippen LogP contribution in [0.5, 0.6) is 0 Å². The number of nitro groups is 2. The Balaban J connectivity index is 1.88. The van der Waals surface area contributed by atoms with E-state index in [1.54, 1.807) is 14.0 Å². The summed E-state index contributed by atoms with van der Waals surface area (Å²) in [7, 11) is 1.56. The number of ether oxygens (including phenoxy) is 2. The third-order valence-electron chi connectivity index (χ3n) is 6.23. The molecule has 0 radical (unpaired) electrons. The van der Waals surface area contributed by atoms with Crippen LogP contribution in [0.1, 0.15) is 44.0 Å². The number of hydrogen-bond acceptors (Lipinski definition) is 7. The summed E-state index contributed by atoms with van der Waals surface area (Å²) in [4.78, 5) is 33.2. The minimum absolute atomic E-state index is 0.158. The highest BCUT2D eigenvalue weighted by Gasteiger charge is 2.65. The highest BCUT2D eigenvalue weighted by atomic mass is 16.6. The van der Waals surface area contributed by atoms with Crippen LogP contribution < -0.4 is 0 Å². The van der Waals surface area contributed by atoms with Gasteiger partial charge in [-0.25, -0.2) is 4.79 Å². The first kappa shape index (κ1) is 19.2. The lowest BCUT2D eigenvalue weighted by molar-refractivity contribution is -0.394. The van der Waals surface area contributed by atoms with E-state index in [1.165, 1.54) is 0 Å². The molecule has 0 spiro atoms. The topological polar surface area (TPSA) is 122 Å². The molecule has 0 saturated heterocycles. The molecule has 0 aliphatic heterocycles. The average Bonchev–Trinajstić information content (AvgIpc) is 3.11. The number of carbonyl (C=O) groups excluding carboxylic acids is 1. The van der Waals surface area contributed by atoms with E-state index in [2.05, 4.69) is 13.8 Å². The van der Waals surface area contributed by atoms with Crippen molar-refractivity contribution in [3.8, 4) is 0 Å².